The molecule has 1 aliphatic heterocycles. The molecule has 0 aromatic rings. The molecule has 0 aromatic carbocycles. The lowest BCUT2D eigenvalue weighted by Crippen LogP contribution is -2.36. The van der Waals surface area contributed by atoms with Crippen molar-refractivity contribution >= 4 is 0 Å². The molecule has 11 heavy (non-hydrogen) atoms. The summed E-state index contributed by atoms with van der Waals surface area (Å²) in [4.78, 5) is 2.45. The van der Waals surface area contributed by atoms with Crippen molar-refractivity contribution in [2.75, 3.05) is 13.1 Å². The van der Waals surface area contributed by atoms with Crippen LogP contribution in [0.1, 0.15) is 19.8 Å². The van der Waals surface area contributed by atoms with Gasteiger partial charge in [-0.05, 0) is 19.8 Å². The zero-order valence-corrected chi connectivity index (χ0v) is 7.34. The van der Waals surface area contributed by atoms with Gasteiger partial charge < -0.3 is 0 Å². The number of piperidine rings is 1. The predicted molar refractivity (Wildman–Crippen MR) is 49.6 cm³/mol. The fourth-order valence-electron chi connectivity index (χ4n) is 1.40. The number of hydrogen-bond acceptors (Lipinski definition) is 1. The van der Waals surface area contributed by atoms with Gasteiger partial charge in [-0.2, -0.15) is 0 Å². The fourth-order valence-corrected chi connectivity index (χ4v) is 1.40. The third-order valence-corrected chi connectivity index (χ3v) is 2.42. The summed E-state index contributed by atoms with van der Waals surface area (Å²) >= 11 is 0. The lowest BCUT2D eigenvalue weighted by atomic mass is 10.0. The largest absolute Gasteiger partial charge is 0.297 e. The van der Waals surface area contributed by atoms with Crippen LogP contribution >= 0.6 is 0 Å². The molecule has 1 saturated heterocycles. The second-order valence-electron chi connectivity index (χ2n) is 3.26. The molecule has 0 amide bonds. The van der Waals surface area contributed by atoms with E-state index in [1.807, 2.05) is 6.08 Å². The molecule has 1 rings (SSSR count). The molecule has 1 heteroatoms. The quantitative estimate of drug-likeness (QED) is 0.547. The van der Waals surface area contributed by atoms with Crippen LogP contribution in [0.4, 0.5) is 0 Å². The highest BCUT2D eigenvalue weighted by atomic mass is 15.1. The van der Waals surface area contributed by atoms with Crippen molar-refractivity contribution in [2.45, 2.75) is 25.8 Å². The van der Waals surface area contributed by atoms with Gasteiger partial charge in [0, 0.05) is 19.1 Å². The molecule has 1 aliphatic rings. The molecule has 1 atom stereocenters. The van der Waals surface area contributed by atoms with Gasteiger partial charge in [0.15, 0.2) is 0 Å². The first kappa shape index (κ1) is 8.54. The second-order valence-corrected chi connectivity index (χ2v) is 3.26. The maximum atomic E-state index is 3.98. The van der Waals surface area contributed by atoms with Crippen LogP contribution in [-0.4, -0.2) is 24.0 Å². The first-order chi connectivity index (χ1) is 5.24. The molecule has 1 nitrogen and oxygen atoms in total. The van der Waals surface area contributed by atoms with Gasteiger partial charge in [-0.1, -0.05) is 18.2 Å². The number of rotatable bonds is 2. The minimum atomic E-state index is 0.531. The number of nitrogens with zero attached hydrogens (tertiary/aromatic N) is 1. The zero-order valence-electron chi connectivity index (χ0n) is 7.34. The van der Waals surface area contributed by atoms with Gasteiger partial charge in [0.05, 0.1) is 0 Å². The van der Waals surface area contributed by atoms with Crippen molar-refractivity contribution in [3.05, 3.63) is 24.8 Å². The Morgan fingerprint density at radius 1 is 1.45 bits per heavy atom. The van der Waals surface area contributed by atoms with E-state index in [2.05, 4.69) is 25.0 Å². The van der Waals surface area contributed by atoms with Crippen LogP contribution in [0.2, 0.25) is 0 Å². The SMILES string of the molecule is C=CC(C)N1CCC(=C)CC1. The Kier molecular flexibility index (Phi) is 2.89. The van der Waals surface area contributed by atoms with Crippen LogP contribution in [0.5, 0.6) is 0 Å². The highest BCUT2D eigenvalue weighted by molar-refractivity contribution is 5.01. The molecule has 0 radical (unpaired) electrons. The lowest BCUT2D eigenvalue weighted by molar-refractivity contribution is 0.226. The third kappa shape index (κ3) is 2.19. The van der Waals surface area contributed by atoms with E-state index in [9.17, 15) is 0 Å². The Bertz CT molecular complexity index is 150. The Labute approximate surface area is 69.4 Å². The summed E-state index contributed by atoms with van der Waals surface area (Å²) in [6, 6.07) is 0.531. The van der Waals surface area contributed by atoms with Crippen molar-refractivity contribution in [1.29, 1.82) is 0 Å². The maximum absolute atomic E-state index is 3.98. The van der Waals surface area contributed by atoms with Crippen molar-refractivity contribution in [2.24, 2.45) is 0 Å². The number of hydrogen-bond donors (Lipinski definition) is 0. The first-order valence-electron chi connectivity index (χ1n) is 4.27. The summed E-state index contributed by atoms with van der Waals surface area (Å²) < 4.78 is 0. The summed E-state index contributed by atoms with van der Waals surface area (Å²) in [5, 5.41) is 0. The van der Waals surface area contributed by atoms with Crippen LogP contribution in [0.25, 0.3) is 0 Å². The van der Waals surface area contributed by atoms with E-state index >= 15 is 0 Å². The van der Waals surface area contributed by atoms with E-state index in [0.29, 0.717) is 6.04 Å². The Morgan fingerprint density at radius 3 is 2.45 bits per heavy atom. The van der Waals surface area contributed by atoms with E-state index in [-0.39, 0.29) is 0 Å². The molecule has 1 heterocycles. The molecule has 0 N–H and O–H groups in total. The fraction of sp³-hybridized carbons (Fsp3) is 0.600. The van der Waals surface area contributed by atoms with Crippen molar-refractivity contribution in [3.63, 3.8) is 0 Å². The second kappa shape index (κ2) is 3.72. The van der Waals surface area contributed by atoms with Gasteiger partial charge in [0.1, 0.15) is 0 Å². The van der Waals surface area contributed by atoms with Gasteiger partial charge in [-0.15, -0.1) is 6.58 Å². The smallest absolute Gasteiger partial charge is 0.0247 e. The summed E-state index contributed by atoms with van der Waals surface area (Å²) in [6.07, 6.45) is 4.34. The molecule has 0 spiro atoms. The van der Waals surface area contributed by atoms with E-state index in [0.717, 1.165) is 25.9 Å². The van der Waals surface area contributed by atoms with E-state index in [1.54, 1.807) is 0 Å². The highest BCUT2D eigenvalue weighted by Crippen LogP contribution is 2.15. The first-order valence-corrected chi connectivity index (χ1v) is 4.27. The van der Waals surface area contributed by atoms with Gasteiger partial charge >= 0.3 is 0 Å². The standard InChI is InChI=1S/C10H17N/c1-4-10(3)11-7-5-9(2)6-8-11/h4,10H,1-2,5-8H2,3H3. The molecule has 0 bridgehead atoms. The number of likely N-dealkylation sites (tertiary alicyclic amines) is 1. The summed E-state index contributed by atoms with van der Waals surface area (Å²) in [5.74, 6) is 0. The van der Waals surface area contributed by atoms with E-state index in [4.69, 9.17) is 0 Å². The molecule has 0 saturated carbocycles. The van der Waals surface area contributed by atoms with Crippen LogP contribution in [0.15, 0.2) is 24.8 Å². The highest BCUT2D eigenvalue weighted by Gasteiger charge is 2.15. The van der Waals surface area contributed by atoms with Crippen LogP contribution < -0.4 is 0 Å². The minimum Gasteiger partial charge on any atom is -0.297 e. The topological polar surface area (TPSA) is 3.24 Å². The molecule has 1 fully saturated rings. The summed E-state index contributed by atoms with van der Waals surface area (Å²) in [7, 11) is 0. The summed E-state index contributed by atoms with van der Waals surface area (Å²) in [6.45, 7) is 12.3. The Balaban J connectivity index is 2.38. The third-order valence-electron chi connectivity index (χ3n) is 2.42. The van der Waals surface area contributed by atoms with Crippen LogP contribution in [-0.2, 0) is 0 Å². The van der Waals surface area contributed by atoms with Gasteiger partial charge in [0.2, 0.25) is 0 Å². The normalized spacial score (nSPS) is 23.2. The van der Waals surface area contributed by atoms with Crippen molar-refractivity contribution in [1.82, 2.24) is 4.90 Å². The zero-order chi connectivity index (χ0) is 8.27. The van der Waals surface area contributed by atoms with E-state index in [1.165, 1.54) is 5.57 Å². The maximum Gasteiger partial charge on any atom is 0.0247 e. The Hall–Kier alpha value is -0.560. The Morgan fingerprint density at radius 2 is 2.00 bits per heavy atom. The molecule has 62 valence electrons. The van der Waals surface area contributed by atoms with Crippen molar-refractivity contribution in [3.8, 4) is 0 Å². The van der Waals surface area contributed by atoms with E-state index < -0.39 is 0 Å². The van der Waals surface area contributed by atoms with Gasteiger partial charge in [-0.3, -0.25) is 4.90 Å². The molecule has 0 aliphatic carbocycles. The van der Waals surface area contributed by atoms with Gasteiger partial charge in [-0.25, -0.2) is 0 Å². The van der Waals surface area contributed by atoms with Crippen LogP contribution in [0.3, 0.4) is 0 Å². The average molecular weight is 151 g/mol. The average Bonchev–Trinajstić information content (AvgIpc) is 2.05. The predicted octanol–water partition coefficient (Wildman–Crippen LogP) is 2.21. The molecule has 0 aromatic heterocycles. The van der Waals surface area contributed by atoms with Gasteiger partial charge in [0.25, 0.3) is 0 Å². The molecular formula is C10H17N. The monoisotopic (exact) mass is 151 g/mol. The van der Waals surface area contributed by atoms with Crippen molar-refractivity contribution < 1.29 is 0 Å². The minimum absolute atomic E-state index is 0.531. The lowest BCUT2D eigenvalue weighted by Gasteiger charge is -2.31. The summed E-state index contributed by atoms with van der Waals surface area (Å²) in [5.41, 5.74) is 1.40. The molecular weight excluding hydrogens is 134 g/mol. The van der Waals surface area contributed by atoms with Crippen LogP contribution in [0, 0.1) is 0 Å². The molecule has 1 unspecified atom stereocenters.